The zero-order valence-corrected chi connectivity index (χ0v) is 6.50. The van der Waals surface area contributed by atoms with Crippen LogP contribution in [-0.4, -0.2) is 16.1 Å². The van der Waals surface area contributed by atoms with Crippen molar-refractivity contribution in [2.24, 2.45) is 0 Å². The first-order valence-corrected chi connectivity index (χ1v) is 3.40. The summed E-state index contributed by atoms with van der Waals surface area (Å²) < 4.78 is 0. The highest BCUT2D eigenvalue weighted by molar-refractivity contribution is 5.87. The molecule has 0 radical (unpaired) electrons. The van der Waals surface area contributed by atoms with E-state index in [1.807, 2.05) is 0 Å². The molecule has 0 unspecified atom stereocenters. The monoisotopic (exact) mass is 163 g/mol. The van der Waals surface area contributed by atoms with Crippen molar-refractivity contribution in [1.82, 2.24) is 4.98 Å². The maximum atomic E-state index is 10.5. The van der Waals surface area contributed by atoms with Gasteiger partial charge in [0.05, 0.1) is 0 Å². The molecule has 0 saturated carbocycles. The molecule has 0 aliphatic heterocycles. The molecule has 1 aromatic rings. The second-order valence-electron chi connectivity index (χ2n) is 2.27. The largest absolute Gasteiger partial charge is 0.477 e. The van der Waals surface area contributed by atoms with Gasteiger partial charge in [0.1, 0.15) is 5.69 Å². The summed E-state index contributed by atoms with van der Waals surface area (Å²) in [6.07, 6.45) is 3.14. The van der Waals surface area contributed by atoms with Crippen molar-refractivity contribution in [1.29, 1.82) is 0 Å². The molecule has 0 saturated heterocycles. The van der Waals surface area contributed by atoms with Gasteiger partial charge in [0, 0.05) is 5.69 Å². The number of H-pyrrole nitrogens is 1. The Labute approximate surface area is 70.0 Å². The van der Waals surface area contributed by atoms with Gasteiger partial charge in [-0.2, -0.15) is 0 Å². The van der Waals surface area contributed by atoms with E-state index in [0.717, 1.165) is 5.56 Å². The van der Waals surface area contributed by atoms with Gasteiger partial charge < -0.3 is 10.1 Å². The number of aromatic carboxylic acids is 1. The van der Waals surface area contributed by atoms with E-state index >= 15 is 0 Å². The molecule has 0 spiro atoms. The molecule has 0 aromatic carbocycles. The van der Waals surface area contributed by atoms with Crippen LogP contribution < -0.4 is 0 Å². The third-order valence-electron chi connectivity index (χ3n) is 1.53. The second kappa shape index (κ2) is 3.09. The van der Waals surface area contributed by atoms with Crippen molar-refractivity contribution in [3.8, 4) is 0 Å². The molecule has 0 fully saturated rings. The molecule has 0 bridgehead atoms. The van der Waals surface area contributed by atoms with Gasteiger partial charge >= 0.3 is 5.97 Å². The molecular weight excluding hydrogens is 154 g/mol. The van der Waals surface area contributed by atoms with Crippen LogP contribution in [0.1, 0.15) is 21.7 Å². The number of carboxylic acid groups (broad SMARTS) is 1. The van der Waals surface area contributed by atoms with Crippen molar-refractivity contribution in [2.45, 2.75) is 0 Å². The van der Waals surface area contributed by atoms with E-state index in [2.05, 4.69) is 18.1 Å². The number of nitrogens with one attached hydrogen (secondary N) is 1. The summed E-state index contributed by atoms with van der Waals surface area (Å²) in [5.41, 5.74) is 1.59. The molecule has 62 valence electrons. The summed E-state index contributed by atoms with van der Waals surface area (Å²) >= 11 is 0. The maximum absolute atomic E-state index is 10.5. The fraction of sp³-hybridized carbons (Fsp3) is 0. The van der Waals surface area contributed by atoms with E-state index in [4.69, 9.17) is 5.11 Å². The predicted molar refractivity (Wildman–Crippen MR) is 47.9 cm³/mol. The number of carboxylic acids is 1. The summed E-state index contributed by atoms with van der Waals surface area (Å²) in [6.45, 7) is 7.09. The molecule has 3 heteroatoms. The van der Waals surface area contributed by atoms with Gasteiger partial charge in [0.2, 0.25) is 0 Å². The number of aromatic amines is 1. The van der Waals surface area contributed by atoms with Gasteiger partial charge in [-0.3, -0.25) is 0 Å². The average molecular weight is 163 g/mol. The minimum absolute atomic E-state index is 0.153. The summed E-state index contributed by atoms with van der Waals surface area (Å²) in [5, 5.41) is 8.61. The van der Waals surface area contributed by atoms with Crippen LogP contribution >= 0.6 is 0 Å². The van der Waals surface area contributed by atoms with E-state index in [1.165, 1.54) is 6.07 Å². The van der Waals surface area contributed by atoms with Crippen molar-refractivity contribution in [2.75, 3.05) is 0 Å². The van der Waals surface area contributed by atoms with E-state index in [1.54, 1.807) is 12.2 Å². The van der Waals surface area contributed by atoms with Crippen LogP contribution in [0, 0.1) is 0 Å². The number of aromatic nitrogens is 1. The van der Waals surface area contributed by atoms with Gasteiger partial charge in [-0.1, -0.05) is 19.2 Å². The van der Waals surface area contributed by atoms with Crippen molar-refractivity contribution < 1.29 is 9.90 Å². The lowest BCUT2D eigenvalue weighted by molar-refractivity contribution is 0.0691. The first-order chi connectivity index (χ1) is 5.69. The maximum Gasteiger partial charge on any atom is 0.352 e. The molecule has 1 heterocycles. The van der Waals surface area contributed by atoms with Crippen LogP contribution in [0.25, 0.3) is 12.2 Å². The van der Waals surface area contributed by atoms with E-state index in [-0.39, 0.29) is 5.69 Å². The Morgan fingerprint density at radius 1 is 1.50 bits per heavy atom. The quantitative estimate of drug-likeness (QED) is 0.716. The topological polar surface area (TPSA) is 53.1 Å². The van der Waals surface area contributed by atoms with E-state index in [0.29, 0.717) is 5.69 Å². The normalized spacial score (nSPS) is 9.33. The van der Waals surface area contributed by atoms with Crippen LogP contribution in [0.15, 0.2) is 19.2 Å². The van der Waals surface area contributed by atoms with Crippen molar-refractivity contribution in [3.05, 3.63) is 36.2 Å². The van der Waals surface area contributed by atoms with Crippen LogP contribution in [0.4, 0.5) is 0 Å². The third-order valence-corrected chi connectivity index (χ3v) is 1.53. The summed E-state index contributed by atoms with van der Waals surface area (Å²) in [4.78, 5) is 13.2. The predicted octanol–water partition coefficient (Wildman–Crippen LogP) is 2.00. The lowest BCUT2D eigenvalue weighted by atomic mass is 10.2. The zero-order chi connectivity index (χ0) is 9.14. The Kier molecular flexibility index (Phi) is 2.14. The fourth-order valence-electron chi connectivity index (χ4n) is 0.940. The van der Waals surface area contributed by atoms with E-state index in [9.17, 15) is 4.79 Å². The first-order valence-electron chi connectivity index (χ1n) is 3.40. The second-order valence-corrected chi connectivity index (χ2v) is 2.27. The Bertz CT molecular complexity index is 311. The Balaban J connectivity index is 3.22. The van der Waals surface area contributed by atoms with Gasteiger partial charge in [-0.05, 0) is 17.7 Å². The standard InChI is InChI=1S/C9H9NO2/c1-3-6-5-8(9(11)12)10-7(6)4-2/h3-5,10H,1-2H2,(H,11,12). The molecule has 1 rings (SSSR count). The molecule has 0 aliphatic carbocycles. The number of carbonyl (C=O) groups is 1. The van der Waals surface area contributed by atoms with Gasteiger partial charge in [-0.15, -0.1) is 0 Å². The number of hydrogen-bond acceptors (Lipinski definition) is 1. The minimum atomic E-state index is -0.980. The van der Waals surface area contributed by atoms with Crippen molar-refractivity contribution >= 4 is 18.1 Å². The number of hydrogen-bond donors (Lipinski definition) is 2. The highest BCUT2D eigenvalue weighted by Gasteiger charge is 2.07. The van der Waals surface area contributed by atoms with Gasteiger partial charge in [0.15, 0.2) is 0 Å². The molecule has 2 N–H and O–H groups in total. The molecular formula is C9H9NO2. The first kappa shape index (κ1) is 8.33. The molecule has 0 aliphatic rings. The van der Waals surface area contributed by atoms with Gasteiger partial charge in [-0.25, -0.2) is 4.79 Å². The SMILES string of the molecule is C=Cc1cc(C(=O)O)[nH]c1C=C. The van der Waals surface area contributed by atoms with Crippen LogP contribution in [0.5, 0.6) is 0 Å². The zero-order valence-electron chi connectivity index (χ0n) is 6.50. The Hall–Kier alpha value is -1.77. The molecule has 12 heavy (non-hydrogen) atoms. The molecule has 3 nitrogen and oxygen atoms in total. The van der Waals surface area contributed by atoms with Gasteiger partial charge in [0.25, 0.3) is 0 Å². The third kappa shape index (κ3) is 1.29. The smallest absolute Gasteiger partial charge is 0.352 e. The van der Waals surface area contributed by atoms with Crippen LogP contribution in [0.2, 0.25) is 0 Å². The Morgan fingerprint density at radius 3 is 2.50 bits per heavy atom. The minimum Gasteiger partial charge on any atom is -0.477 e. The molecule has 0 atom stereocenters. The average Bonchev–Trinajstić information content (AvgIpc) is 2.46. The Morgan fingerprint density at radius 2 is 2.17 bits per heavy atom. The van der Waals surface area contributed by atoms with E-state index < -0.39 is 5.97 Å². The lowest BCUT2D eigenvalue weighted by Crippen LogP contribution is -1.95. The highest BCUT2D eigenvalue weighted by Crippen LogP contribution is 2.13. The van der Waals surface area contributed by atoms with Crippen LogP contribution in [-0.2, 0) is 0 Å². The highest BCUT2D eigenvalue weighted by atomic mass is 16.4. The van der Waals surface area contributed by atoms with Crippen LogP contribution in [0.3, 0.4) is 0 Å². The lowest BCUT2D eigenvalue weighted by Gasteiger charge is -1.87. The summed E-state index contributed by atoms with van der Waals surface area (Å²) in [6, 6.07) is 1.52. The fourth-order valence-corrected chi connectivity index (χ4v) is 0.940. The summed E-state index contributed by atoms with van der Waals surface area (Å²) in [5.74, 6) is -0.980. The summed E-state index contributed by atoms with van der Waals surface area (Å²) in [7, 11) is 0. The van der Waals surface area contributed by atoms with Crippen molar-refractivity contribution in [3.63, 3.8) is 0 Å². The number of rotatable bonds is 3. The molecule has 1 aromatic heterocycles. The molecule has 0 amide bonds.